The first kappa shape index (κ1) is 31.6. The van der Waals surface area contributed by atoms with Crippen LogP contribution < -0.4 is 0 Å². The number of hydrogen-bond acceptors (Lipinski definition) is 6. The molecule has 0 rings (SSSR count). The van der Waals surface area contributed by atoms with E-state index in [1.54, 1.807) is 6.92 Å². The van der Waals surface area contributed by atoms with Crippen molar-refractivity contribution in [1.82, 2.24) is 0 Å². The SMILES string of the molecule is CC/C=C\C/C=C\C/C=C\CC(C)(CCC)C(=O)OC(COC(C)=O)COC(=O)C(C)CCC. The minimum absolute atomic E-state index is 0.138. The zero-order chi connectivity index (χ0) is 25.8. The van der Waals surface area contributed by atoms with Gasteiger partial charge in [-0.15, -0.1) is 0 Å². The lowest BCUT2D eigenvalue weighted by atomic mass is 9.82. The summed E-state index contributed by atoms with van der Waals surface area (Å²) in [5.74, 6) is -1.44. The molecule has 0 fully saturated rings. The van der Waals surface area contributed by atoms with Gasteiger partial charge >= 0.3 is 17.9 Å². The Morgan fingerprint density at radius 3 is 2.00 bits per heavy atom. The third-order valence-corrected chi connectivity index (χ3v) is 5.42. The Balaban J connectivity index is 5.03. The Morgan fingerprint density at radius 1 is 0.853 bits per heavy atom. The molecule has 194 valence electrons. The highest BCUT2D eigenvalue weighted by Crippen LogP contribution is 2.30. The summed E-state index contributed by atoms with van der Waals surface area (Å²) >= 11 is 0. The molecular weight excluding hydrogens is 432 g/mol. The molecule has 0 aliphatic carbocycles. The number of carbonyl (C=O) groups is 3. The molecule has 3 unspecified atom stereocenters. The molecule has 0 amide bonds. The third kappa shape index (κ3) is 14.7. The normalized spacial score (nSPS) is 15.4. The molecule has 0 aromatic heterocycles. The van der Waals surface area contributed by atoms with Crippen LogP contribution in [0.1, 0.15) is 92.9 Å². The van der Waals surface area contributed by atoms with Crippen molar-refractivity contribution in [3.05, 3.63) is 36.5 Å². The molecule has 0 aromatic carbocycles. The second-order valence-electron chi connectivity index (χ2n) is 8.96. The molecule has 0 saturated carbocycles. The smallest absolute Gasteiger partial charge is 0.312 e. The van der Waals surface area contributed by atoms with Gasteiger partial charge in [0.05, 0.1) is 11.3 Å². The maximum Gasteiger partial charge on any atom is 0.312 e. The Labute approximate surface area is 206 Å². The van der Waals surface area contributed by atoms with Crippen LogP contribution in [-0.4, -0.2) is 37.2 Å². The Bertz CT molecular complexity index is 678. The van der Waals surface area contributed by atoms with Gasteiger partial charge in [0.2, 0.25) is 0 Å². The summed E-state index contributed by atoms with van der Waals surface area (Å²) in [6.45, 7) is 10.8. The van der Waals surface area contributed by atoms with Gasteiger partial charge in [0.25, 0.3) is 0 Å². The lowest BCUT2D eigenvalue weighted by Crippen LogP contribution is -2.37. The van der Waals surface area contributed by atoms with E-state index >= 15 is 0 Å². The first-order valence-corrected chi connectivity index (χ1v) is 12.7. The molecular formula is C28H46O6. The summed E-state index contributed by atoms with van der Waals surface area (Å²) in [7, 11) is 0. The Morgan fingerprint density at radius 2 is 1.44 bits per heavy atom. The number of allylic oxidation sites excluding steroid dienone is 6. The molecule has 6 nitrogen and oxygen atoms in total. The molecule has 0 aromatic rings. The molecule has 0 heterocycles. The van der Waals surface area contributed by atoms with E-state index in [-0.39, 0.29) is 31.1 Å². The standard InChI is InChI=1S/C28H46O6/c1-7-10-11-12-13-14-15-16-17-20-28(6,19-9-3)27(31)34-25(21-32-24(5)29)22-33-26(30)23(4)18-8-2/h10-11,13-14,16-17,23,25H,7-9,12,15,18-22H2,1-6H3/b11-10-,14-13-,17-16-. The quantitative estimate of drug-likeness (QED) is 0.127. The molecule has 0 aliphatic rings. The molecule has 0 radical (unpaired) electrons. The van der Waals surface area contributed by atoms with Crippen molar-refractivity contribution in [2.45, 2.75) is 99.0 Å². The maximum atomic E-state index is 13.1. The molecule has 0 aliphatic heterocycles. The number of ether oxygens (including phenoxy) is 3. The van der Waals surface area contributed by atoms with E-state index < -0.39 is 17.5 Å². The lowest BCUT2D eigenvalue weighted by molar-refractivity contribution is -0.174. The van der Waals surface area contributed by atoms with Gasteiger partial charge in [-0.3, -0.25) is 14.4 Å². The molecule has 0 saturated heterocycles. The van der Waals surface area contributed by atoms with E-state index in [1.165, 1.54) is 6.92 Å². The summed E-state index contributed by atoms with van der Waals surface area (Å²) in [6.07, 6.45) is 18.1. The van der Waals surface area contributed by atoms with Crippen LogP contribution in [-0.2, 0) is 28.6 Å². The molecule has 34 heavy (non-hydrogen) atoms. The number of carbonyl (C=O) groups excluding carboxylic acids is 3. The molecule has 0 bridgehead atoms. The van der Waals surface area contributed by atoms with Gasteiger partial charge in [-0.1, -0.05) is 77.0 Å². The minimum Gasteiger partial charge on any atom is -0.462 e. The zero-order valence-electron chi connectivity index (χ0n) is 22.1. The largest absolute Gasteiger partial charge is 0.462 e. The van der Waals surface area contributed by atoms with Crippen LogP contribution in [0.25, 0.3) is 0 Å². The second-order valence-corrected chi connectivity index (χ2v) is 8.96. The van der Waals surface area contributed by atoms with Crippen LogP contribution in [0.5, 0.6) is 0 Å². The predicted molar refractivity (Wildman–Crippen MR) is 136 cm³/mol. The highest BCUT2D eigenvalue weighted by Gasteiger charge is 2.35. The minimum atomic E-state index is -0.839. The Kier molecular flexibility index (Phi) is 17.7. The van der Waals surface area contributed by atoms with Gasteiger partial charge in [0, 0.05) is 6.92 Å². The number of rotatable bonds is 18. The topological polar surface area (TPSA) is 78.9 Å². The summed E-state index contributed by atoms with van der Waals surface area (Å²) in [4.78, 5) is 36.5. The van der Waals surface area contributed by atoms with Crippen LogP contribution in [0.15, 0.2) is 36.5 Å². The fourth-order valence-corrected chi connectivity index (χ4v) is 3.38. The monoisotopic (exact) mass is 478 g/mol. The number of hydrogen-bond donors (Lipinski definition) is 0. The van der Waals surface area contributed by atoms with E-state index in [0.29, 0.717) is 12.8 Å². The highest BCUT2D eigenvalue weighted by molar-refractivity contribution is 5.77. The maximum absolute atomic E-state index is 13.1. The van der Waals surface area contributed by atoms with Gasteiger partial charge < -0.3 is 14.2 Å². The lowest BCUT2D eigenvalue weighted by Gasteiger charge is -2.28. The average molecular weight is 479 g/mol. The van der Waals surface area contributed by atoms with Gasteiger partial charge in [-0.25, -0.2) is 0 Å². The molecule has 6 heteroatoms. The van der Waals surface area contributed by atoms with E-state index in [0.717, 1.165) is 38.5 Å². The van der Waals surface area contributed by atoms with Crippen LogP contribution in [0.3, 0.4) is 0 Å². The zero-order valence-corrected chi connectivity index (χ0v) is 22.1. The summed E-state index contributed by atoms with van der Waals surface area (Å²) in [5.41, 5.74) is -0.715. The summed E-state index contributed by atoms with van der Waals surface area (Å²) in [6, 6.07) is 0. The summed E-state index contributed by atoms with van der Waals surface area (Å²) in [5, 5.41) is 0. The molecule has 0 N–H and O–H groups in total. The van der Waals surface area contributed by atoms with Crippen molar-refractivity contribution in [2.24, 2.45) is 11.3 Å². The van der Waals surface area contributed by atoms with Gasteiger partial charge in [0.1, 0.15) is 13.2 Å². The molecule has 3 atom stereocenters. The van der Waals surface area contributed by atoms with Gasteiger partial charge in [-0.05, 0) is 45.4 Å². The van der Waals surface area contributed by atoms with Crippen molar-refractivity contribution < 1.29 is 28.6 Å². The third-order valence-electron chi connectivity index (χ3n) is 5.42. The average Bonchev–Trinajstić information content (AvgIpc) is 2.79. The van der Waals surface area contributed by atoms with Crippen LogP contribution in [0.2, 0.25) is 0 Å². The van der Waals surface area contributed by atoms with Crippen molar-refractivity contribution >= 4 is 17.9 Å². The Hall–Kier alpha value is -2.37. The van der Waals surface area contributed by atoms with Crippen molar-refractivity contribution in [1.29, 1.82) is 0 Å². The first-order chi connectivity index (χ1) is 16.2. The van der Waals surface area contributed by atoms with Gasteiger partial charge in [0.15, 0.2) is 6.10 Å². The highest BCUT2D eigenvalue weighted by atomic mass is 16.6. The van der Waals surface area contributed by atoms with Crippen molar-refractivity contribution in [3.8, 4) is 0 Å². The number of esters is 3. The van der Waals surface area contributed by atoms with E-state index in [2.05, 4.69) is 37.3 Å². The van der Waals surface area contributed by atoms with E-state index in [4.69, 9.17) is 14.2 Å². The molecule has 0 spiro atoms. The van der Waals surface area contributed by atoms with Crippen LogP contribution in [0.4, 0.5) is 0 Å². The fraction of sp³-hybridized carbons (Fsp3) is 0.679. The first-order valence-electron chi connectivity index (χ1n) is 12.7. The van der Waals surface area contributed by atoms with Crippen LogP contribution >= 0.6 is 0 Å². The van der Waals surface area contributed by atoms with Crippen molar-refractivity contribution in [3.63, 3.8) is 0 Å². The van der Waals surface area contributed by atoms with Crippen molar-refractivity contribution in [2.75, 3.05) is 13.2 Å². The second kappa shape index (κ2) is 19.0. The van der Waals surface area contributed by atoms with E-state index in [1.807, 2.05) is 26.8 Å². The van der Waals surface area contributed by atoms with Gasteiger partial charge in [-0.2, -0.15) is 0 Å². The summed E-state index contributed by atoms with van der Waals surface area (Å²) < 4.78 is 16.1. The van der Waals surface area contributed by atoms with E-state index in [9.17, 15) is 14.4 Å². The predicted octanol–water partition coefficient (Wildman–Crippen LogP) is 6.50. The van der Waals surface area contributed by atoms with Crippen LogP contribution in [0, 0.1) is 11.3 Å². The fourth-order valence-electron chi connectivity index (χ4n) is 3.38.